The summed E-state index contributed by atoms with van der Waals surface area (Å²) in [7, 11) is -1.59. The van der Waals surface area contributed by atoms with Gasteiger partial charge in [-0.3, -0.25) is 0 Å². The quantitative estimate of drug-likeness (QED) is 0.707. The fourth-order valence-electron chi connectivity index (χ4n) is 2.65. The molecular weight excluding hydrogens is 282 g/mol. The highest BCUT2D eigenvalue weighted by Crippen LogP contribution is 2.40. The molecule has 2 nitrogen and oxygen atoms in total. The van der Waals surface area contributed by atoms with Crippen LogP contribution in [0.25, 0.3) is 0 Å². The lowest BCUT2D eigenvalue weighted by Crippen LogP contribution is -2.44. The van der Waals surface area contributed by atoms with E-state index in [2.05, 4.69) is 44.2 Å². The van der Waals surface area contributed by atoms with E-state index in [1.165, 1.54) is 37.1 Å². The molecule has 0 unspecified atom stereocenters. The van der Waals surface area contributed by atoms with Crippen LogP contribution < -0.4 is 0 Å². The molecule has 0 aromatic carbocycles. The maximum absolute atomic E-state index is 6.55. The van der Waals surface area contributed by atoms with E-state index in [9.17, 15) is 0 Å². The van der Waals surface area contributed by atoms with Gasteiger partial charge in [0.2, 0.25) is 0 Å². The van der Waals surface area contributed by atoms with Gasteiger partial charge in [0, 0.05) is 24.1 Å². The van der Waals surface area contributed by atoms with Crippen LogP contribution in [0.2, 0.25) is 18.1 Å². The second-order valence-electron chi connectivity index (χ2n) is 7.65. The minimum atomic E-state index is -1.59. The SMILES string of the molecule is CC(C)(C)[Si](C)(C)OC1CCC(Cc2nccs2)CC1. The number of aromatic nitrogens is 1. The second-order valence-corrected chi connectivity index (χ2v) is 13.4. The molecule has 20 heavy (non-hydrogen) atoms. The molecule has 114 valence electrons. The first-order chi connectivity index (χ1) is 9.28. The molecule has 4 heteroatoms. The Morgan fingerprint density at radius 1 is 1.25 bits per heavy atom. The third-order valence-electron chi connectivity index (χ3n) is 5.01. The topological polar surface area (TPSA) is 22.1 Å². The highest BCUT2D eigenvalue weighted by atomic mass is 32.1. The van der Waals surface area contributed by atoms with Crippen LogP contribution in [0, 0.1) is 5.92 Å². The van der Waals surface area contributed by atoms with Crippen LogP contribution in [-0.4, -0.2) is 19.4 Å². The standard InChI is InChI=1S/C16H29NOSSi/c1-16(2,3)20(4,5)18-14-8-6-13(7-9-14)12-15-17-10-11-19-15/h10-11,13-14H,6-9,12H2,1-5H3. The van der Waals surface area contributed by atoms with Crippen molar-refractivity contribution >= 4 is 19.7 Å². The fraction of sp³-hybridized carbons (Fsp3) is 0.812. The van der Waals surface area contributed by atoms with Crippen molar-refractivity contribution in [3.63, 3.8) is 0 Å². The zero-order valence-electron chi connectivity index (χ0n) is 13.6. The summed E-state index contributed by atoms with van der Waals surface area (Å²) in [6, 6.07) is 0. The molecule has 0 bridgehead atoms. The Labute approximate surface area is 129 Å². The van der Waals surface area contributed by atoms with Gasteiger partial charge in [-0.25, -0.2) is 4.98 Å². The smallest absolute Gasteiger partial charge is 0.192 e. The number of hydrogen-bond acceptors (Lipinski definition) is 3. The number of hydrogen-bond donors (Lipinski definition) is 0. The predicted molar refractivity (Wildman–Crippen MR) is 89.8 cm³/mol. The summed E-state index contributed by atoms with van der Waals surface area (Å²) in [5.74, 6) is 0.820. The Morgan fingerprint density at radius 2 is 1.90 bits per heavy atom. The minimum Gasteiger partial charge on any atom is -0.414 e. The summed E-state index contributed by atoms with van der Waals surface area (Å²) in [6.07, 6.45) is 8.68. The molecule has 0 aliphatic heterocycles. The highest BCUT2D eigenvalue weighted by molar-refractivity contribution is 7.09. The Bertz CT molecular complexity index is 403. The van der Waals surface area contributed by atoms with Gasteiger partial charge in [0.25, 0.3) is 0 Å². The van der Waals surface area contributed by atoms with Gasteiger partial charge in [-0.2, -0.15) is 0 Å². The monoisotopic (exact) mass is 311 g/mol. The predicted octanol–water partition coefficient (Wildman–Crippen LogP) is 5.27. The summed E-state index contributed by atoms with van der Waals surface area (Å²) in [5.41, 5.74) is 0. The summed E-state index contributed by atoms with van der Waals surface area (Å²) < 4.78 is 6.55. The number of rotatable bonds is 4. The van der Waals surface area contributed by atoms with E-state index in [4.69, 9.17) is 4.43 Å². The van der Waals surface area contributed by atoms with Gasteiger partial charge in [-0.15, -0.1) is 11.3 Å². The van der Waals surface area contributed by atoms with Gasteiger partial charge in [0.05, 0.1) is 5.01 Å². The van der Waals surface area contributed by atoms with Crippen LogP contribution in [-0.2, 0) is 10.8 Å². The first-order valence-electron chi connectivity index (χ1n) is 7.84. The van der Waals surface area contributed by atoms with Gasteiger partial charge in [-0.05, 0) is 49.7 Å². The van der Waals surface area contributed by atoms with E-state index in [-0.39, 0.29) is 0 Å². The zero-order valence-corrected chi connectivity index (χ0v) is 15.4. The summed E-state index contributed by atoms with van der Waals surface area (Å²) in [5, 5.41) is 3.71. The molecule has 1 saturated carbocycles. The summed E-state index contributed by atoms with van der Waals surface area (Å²) >= 11 is 1.80. The summed E-state index contributed by atoms with van der Waals surface area (Å²) in [6.45, 7) is 11.7. The molecule has 1 aliphatic carbocycles. The van der Waals surface area contributed by atoms with Gasteiger partial charge in [0.1, 0.15) is 0 Å². The Balaban J connectivity index is 1.80. The molecule has 1 aromatic rings. The van der Waals surface area contributed by atoms with Crippen LogP contribution in [0.1, 0.15) is 51.5 Å². The van der Waals surface area contributed by atoms with Crippen LogP contribution in [0.4, 0.5) is 0 Å². The van der Waals surface area contributed by atoms with Crippen molar-refractivity contribution in [2.75, 3.05) is 0 Å². The highest BCUT2D eigenvalue weighted by Gasteiger charge is 2.39. The van der Waals surface area contributed by atoms with Crippen molar-refractivity contribution in [3.05, 3.63) is 16.6 Å². The Kier molecular flexibility index (Phi) is 5.08. The van der Waals surface area contributed by atoms with Crippen molar-refractivity contribution in [1.82, 2.24) is 4.98 Å². The maximum atomic E-state index is 6.55. The number of nitrogens with zero attached hydrogens (tertiary/aromatic N) is 1. The van der Waals surface area contributed by atoms with E-state index in [1.807, 2.05) is 6.20 Å². The molecule has 0 atom stereocenters. The lowest BCUT2D eigenvalue weighted by Gasteiger charge is -2.41. The minimum absolute atomic E-state index is 0.324. The molecule has 1 aliphatic rings. The van der Waals surface area contributed by atoms with Gasteiger partial charge in [-0.1, -0.05) is 20.8 Å². The normalized spacial score (nSPS) is 24.9. The molecular formula is C16H29NOSSi. The van der Waals surface area contributed by atoms with Gasteiger partial charge in [0.15, 0.2) is 8.32 Å². The van der Waals surface area contributed by atoms with E-state index in [0.717, 1.165) is 5.92 Å². The molecule has 1 aromatic heterocycles. The van der Waals surface area contributed by atoms with E-state index < -0.39 is 8.32 Å². The Morgan fingerprint density at radius 3 is 2.40 bits per heavy atom. The third-order valence-corrected chi connectivity index (χ3v) is 10.3. The molecule has 0 N–H and O–H groups in total. The largest absolute Gasteiger partial charge is 0.414 e. The average Bonchev–Trinajstić information content (AvgIpc) is 2.83. The van der Waals surface area contributed by atoms with Crippen molar-refractivity contribution < 1.29 is 4.43 Å². The van der Waals surface area contributed by atoms with Crippen LogP contribution in [0.3, 0.4) is 0 Å². The zero-order chi connectivity index (χ0) is 14.8. The third kappa shape index (κ3) is 4.15. The number of thiazole rings is 1. The van der Waals surface area contributed by atoms with Crippen molar-refractivity contribution in [2.24, 2.45) is 5.92 Å². The molecule has 1 fully saturated rings. The van der Waals surface area contributed by atoms with Crippen LogP contribution in [0.5, 0.6) is 0 Å². The van der Waals surface area contributed by atoms with Crippen molar-refractivity contribution in [3.8, 4) is 0 Å². The molecule has 0 spiro atoms. The fourth-order valence-corrected chi connectivity index (χ4v) is 4.80. The first kappa shape index (κ1) is 16.2. The molecule has 0 radical (unpaired) electrons. The van der Waals surface area contributed by atoms with Gasteiger partial charge < -0.3 is 4.43 Å². The van der Waals surface area contributed by atoms with Crippen molar-refractivity contribution in [2.45, 2.75) is 77.1 Å². The first-order valence-corrected chi connectivity index (χ1v) is 11.6. The van der Waals surface area contributed by atoms with Gasteiger partial charge >= 0.3 is 0 Å². The lowest BCUT2D eigenvalue weighted by atomic mass is 9.85. The van der Waals surface area contributed by atoms with E-state index in [0.29, 0.717) is 11.1 Å². The average molecular weight is 312 g/mol. The lowest BCUT2D eigenvalue weighted by molar-refractivity contribution is 0.116. The molecule has 1 heterocycles. The Hall–Kier alpha value is -0.193. The second kappa shape index (κ2) is 6.28. The van der Waals surface area contributed by atoms with Crippen LogP contribution in [0.15, 0.2) is 11.6 Å². The molecule has 2 rings (SSSR count). The van der Waals surface area contributed by atoms with Crippen LogP contribution >= 0.6 is 11.3 Å². The van der Waals surface area contributed by atoms with E-state index >= 15 is 0 Å². The maximum Gasteiger partial charge on any atom is 0.192 e. The summed E-state index contributed by atoms with van der Waals surface area (Å²) in [4.78, 5) is 4.42. The van der Waals surface area contributed by atoms with E-state index in [1.54, 1.807) is 11.3 Å². The molecule has 0 amide bonds. The van der Waals surface area contributed by atoms with Crippen molar-refractivity contribution in [1.29, 1.82) is 0 Å². The molecule has 0 saturated heterocycles.